The van der Waals surface area contributed by atoms with Gasteiger partial charge in [0.25, 0.3) is 0 Å². The first-order valence-electron chi connectivity index (χ1n) is 7.75. The Labute approximate surface area is 144 Å². The lowest BCUT2D eigenvalue weighted by atomic mass is 9.93. The van der Waals surface area contributed by atoms with E-state index in [0.717, 1.165) is 6.08 Å². The molecule has 0 radical (unpaired) electrons. The van der Waals surface area contributed by atoms with E-state index in [4.69, 9.17) is 9.84 Å². The zero-order valence-corrected chi connectivity index (χ0v) is 14.2. The van der Waals surface area contributed by atoms with Gasteiger partial charge in [-0.15, -0.1) is 0 Å². The second kappa shape index (κ2) is 8.79. The quantitative estimate of drug-likeness (QED) is 0.295. The summed E-state index contributed by atoms with van der Waals surface area (Å²) >= 11 is 0. The number of hydrogen-bond acceptors (Lipinski definition) is 7. The minimum absolute atomic E-state index is 0.312. The Hall–Kier alpha value is -2.17. The molecule has 0 bridgehead atoms. The number of aliphatic carboxylic acids is 1. The molecular formula is C15H24N2O8. The highest BCUT2D eigenvalue weighted by molar-refractivity contribution is 5.84. The molecule has 6 N–H and O–H groups in total. The highest BCUT2D eigenvalue weighted by Gasteiger charge is 2.43. The van der Waals surface area contributed by atoms with Crippen molar-refractivity contribution in [1.82, 2.24) is 10.6 Å². The Morgan fingerprint density at radius 2 is 1.88 bits per heavy atom. The Balaban J connectivity index is 2.91. The summed E-state index contributed by atoms with van der Waals surface area (Å²) in [5.41, 5.74) is 0. The van der Waals surface area contributed by atoms with Crippen molar-refractivity contribution in [1.29, 1.82) is 0 Å². The first-order valence-corrected chi connectivity index (χ1v) is 7.75. The molecule has 10 nitrogen and oxygen atoms in total. The lowest BCUT2D eigenvalue weighted by molar-refractivity contribution is -0.147. The van der Waals surface area contributed by atoms with Gasteiger partial charge in [-0.3, -0.25) is 9.59 Å². The number of ether oxygens (including phenoxy) is 1. The molecule has 142 valence electrons. The van der Waals surface area contributed by atoms with E-state index in [2.05, 4.69) is 10.6 Å². The standard InChI is InChI=1S/C15H24N2O8/c1-6(2)14(22)16-5-9(20)12(21)13-11(17-7(3)18)8(19)4-10(25-13)15(23)24/h4,6,8-9,11-13,19-21H,5H2,1-3H3,(H,16,22)(H,17,18)(H,23,24)/t8-,9+,11?,12+,13?/m1/s1. The van der Waals surface area contributed by atoms with E-state index in [1.54, 1.807) is 13.8 Å². The molecule has 1 aliphatic rings. The number of rotatable bonds is 7. The van der Waals surface area contributed by atoms with Gasteiger partial charge in [-0.1, -0.05) is 13.8 Å². The number of hydrogen-bond donors (Lipinski definition) is 6. The molecule has 1 aliphatic heterocycles. The van der Waals surface area contributed by atoms with Gasteiger partial charge in [0, 0.05) is 19.4 Å². The van der Waals surface area contributed by atoms with E-state index in [0.29, 0.717) is 0 Å². The van der Waals surface area contributed by atoms with Gasteiger partial charge < -0.3 is 35.8 Å². The van der Waals surface area contributed by atoms with Gasteiger partial charge in [0.1, 0.15) is 18.3 Å². The highest BCUT2D eigenvalue weighted by Crippen LogP contribution is 2.22. The van der Waals surface area contributed by atoms with Crippen molar-refractivity contribution in [2.75, 3.05) is 6.54 Å². The van der Waals surface area contributed by atoms with E-state index >= 15 is 0 Å². The molecule has 0 aromatic heterocycles. The summed E-state index contributed by atoms with van der Waals surface area (Å²) in [5, 5.41) is 44.1. The molecule has 10 heteroatoms. The monoisotopic (exact) mass is 360 g/mol. The van der Waals surface area contributed by atoms with Gasteiger partial charge in [0.2, 0.25) is 17.6 Å². The maximum atomic E-state index is 11.5. The largest absolute Gasteiger partial charge is 0.478 e. The fraction of sp³-hybridized carbons (Fsp3) is 0.667. The van der Waals surface area contributed by atoms with E-state index in [-0.39, 0.29) is 18.4 Å². The highest BCUT2D eigenvalue weighted by atomic mass is 16.5. The Morgan fingerprint density at radius 1 is 1.28 bits per heavy atom. The molecule has 0 saturated carbocycles. The van der Waals surface area contributed by atoms with Crippen LogP contribution >= 0.6 is 0 Å². The SMILES string of the molecule is CC(=O)NC1C([C@@H](O)[C@@H](O)CNC(=O)C(C)C)OC(C(=O)O)=C[C@H]1O. The molecule has 1 heterocycles. The van der Waals surface area contributed by atoms with Crippen LogP contribution in [0.4, 0.5) is 0 Å². The third-order valence-electron chi connectivity index (χ3n) is 3.63. The summed E-state index contributed by atoms with van der Waals surface area (Å²) in [5.74, 6) is -3.30. The third-order valence-corrected chi connectivity index (χ3v) is 3.63. The second-order valence-electron chi connectivity index (χ2n) is 6.09. The minimum atomic E-state index is -1.68. The molecule has 2 unspecified atom stereocenters. The van der Waals surface area contributed by atoms with Gasteiger partial charge in [0.05, 0.1) is 6.04 Å². The number of carbonyl (C=O) groups is 3. The number of aliphatic hydroxyl groups is 3. The summed E-state index contributed by atoms with van der Waals surface area (Å²) in [6.07, 6.45) is -5.17. The number of carbonyl (C=O) groups excluding carboxylic acids is 2. The molecule has 0 aliphatic carbocycles. The van der Waals surface area contributed by atoms with Gasteiger partial charge in [-0.2, -0.15) is 0 Å². The zero-order chi connectivity index (χ0) is 19.3. The van der Waals surface area contributed by atoms with E-state index in [1.807, 2.05) is 0 Å². The van der Waals surface area contributed by atoms with Crippen LogP contribution in [0.1, 0.15) is 20.8 Å². The second-order valence-corrected chi connectivity index (χ2v) is 6.09. The minimum Gasteiger partial charge on any atom is -0.478 e. The summed E-state index contributed by atoms with van der Waals surface area (Å²) in [7, 11) is 0. The van der Waals surface area contributed by atoms with Crippen molar-refractivity contribution in [3.8, 4) is 0 Å². The Morgan fingerprint density at radius 3 is 2.36 bits per heavy atom. The number of amides is 2. The Bertz CT molecular complexity index is 548. The maximum Gasteiger partial charge on any atom is 0.370 e. The van der Waals surface area contributed by atoms with Gasteiger partial charge in [-0.25, -0.2) is 4.79 Å². The van der Waals surface area contributed by atoms with Crippen LogP contribution in [0.5, 0.6) is 0 Å². The van der Waals surface area contributed by atoms with Gasteiger partial charge in [-0.05, 0) is 6.08 Å². The van der Waals surface area contributed by atoms with Crippen LogP contribution in [-0.2, 0) is 19.1 Å². The lowest BCUT2D eigenvalue weighted by Gasteiger charge is -2.38. The molecule has 0 spiro atoms. The lowest BCUT2D eigenvalue weighted by Crippen LogP contribution is -2.60. The average molecular weight is 360 g/mol. The van der Waals surface area contributed by atoms with Crippen molar-refractivity contribution < 1.29 is 39.5 Å². The van der Waals surface area contributed by atoms with Crippen molar-refractivity contribution in [2.24, 2.45) is 5.92 Å². The number of aliphatic hydroxyl groups excluding tert-OH is 3. The van der Waals surface area contributed by atoms with E-state index in [1.165, 1.54) is 6.92 Å². The average Bonchev–Trinajstić information content (AvgIpc) is 2.52. The van der Waals surface area contributed by atoms with Crippen LogP contribution in [0.25, 0.3) is 0 Å². The summed E-state index contributed by atoms with van der Waals surface area (Å²) in [6.45, 7) is 4.16. The third kappa shape index (κ3) is 5.69. The van der Waals surface area contributed by atoms with Crippen LogP contribution in [-0.4, -0.2) is 75.2 Å². The summed E-state index contributed by atoms with van der Waals surface area (Å²) in [4.78, 5) is 33.9. The summed E-state index contributed by atoms with van der Waals surface area (Å²) in [6, 6.07) is -1.17. The van der Waals surface area contributed by atoms with Crippen LogP contribution in [0, 0.1) is 5.92 Å². The van der Waals surface area contributed by atoms with Crippen LogP contribution < -0.4 is 10.6 Å². The molecule has 5 atom stereocenters. The van der Waals surface area contributed by atoms with E-state index < -0.39 is 48.1 Å². The molecule has 1 rings (SSSR count). The van der Waals surface area contributed by atoms with E-state index in [9.17, 15) is 29.7 Å². The molecule has 0 aromatic rings. The van der Waals surface area contributed by atoms with Crippen molar-refractivity contribution in [3.63, 3.8) is 0 Å². The topological polar surface area (TPSA) is 165 Å². The fourth-order valence-electron chi connectivity index (χ4n) is 2.27. The smallest absolute Gasteiger partial charge is 0.370 e. The predicted molar refractivity (Wildman–Crippen MR) is 84.1 cm³/mol. The number of nitrogens with one attached hydrogen (secondary N) is 2. The number of carboxylic acid groups (broad SMARTS) is 1. The maximum absolute atomic E-state index is 11.5. The summed E-state index contributed by atoms with van der Waals surface area (Å²) < 4.78 is 5.13. The van der Waals surface area contributed by atoms with Crippen molar-refractivity contribution in [2.45, 2.75) is 51.2 Å². The zero-order valence-electron chi connectivity index (χ0n) is 14.2. The molecule has 2 amide bonds. The first kappa shape index (κ1) is 20.9. The van der Waals surface area contributed by atoms with Crippen molar-refractivity contribution in [3.05, 3.63) is 11.8 Å². The normalized spacial score (nSPS) is 25.4. The fourth-order valence-corrected chi connectivity index (χ4v) is 2.27. The van der Waals surface area contributed by atoms with Crippen LogP contribution in [0.3, 0.4) is 0 Å². The van der Waals surface area contributed by atoms with Crippen LogP contribution in [0.15, 0.2) is 11.8 Å². The molecule has 0 saturated heterocycles. The molecule has 0 fully saturated rings. The predicted octanol–water partition coefficient (Wildman–Crippen LogP) is -2.29. The Kier molecular flexibility index (Phi) is 7.34. The molecular weight excluding hydrogens is 336 g/mol. The number of carboxylic acids is 1. The van der Waals surface area contributed by atoms with Gasteiger partial charge in [0.15, 0.2) is 6.10 Å². The van der Waals surface area contributed by atoms with Crippen molar-refractivity contribution >= 4 is 17.8 Å². The molecule has 25 heavy (non-hydrogen) atoms. The van der Waals surface area contributed by atoms with Gasteiger partial charge >= 0.3 is 5.97 Å². The first-order chi connectivity index (χ1) is 11.5. The van der Waals surface area contributed by atoms with Crippen LogP contribution in [0.2, 0.25) is 0 Å². The molecule has 0 aromatic carbocycles.